The molecule has 0 aliphatic carbocycles. The van der Waals surface area contributed by atoms with Crippen LogP contribution in [0.1, 0.15) is 47.0 Å². The van der Waals surface area contributed by atoms with Crippen LogP contribution in [0.4, 0.5) is 0 Å². The summed E-state index contributed by atoms with van der Waals surface area (Å²) in [5.74, 6) is -3.30. The molecule has 10 nitrogen and oxygen atoms in total. The van der Waals surface area contributed by atoms with Crippen LogP contribution in [0.2, 0.25) is 0 Å². The molecule has 0 saturated carbocycles. The number of carboxylic acid groups (broad SMARTS) is 1. The number of aliphatic carboxylic acids is 1. The Kier molecular flexibility index (Phi) is 9.51. The molecule has 1 saturated heterocycles. The number of hydrogen-bond acceptors (Lipinski definition) is 6. The topological polar surface area (TPSA) is 162 Å². The Morgan fingerprint density at radius 2 is 1.79 bits per heavy atom. The van der Waals surface area contributed by atoms with Crippen molar-refractivity contribution in [2.24, 2.45) is 17.6 Å². The minimum Gasteiger partial charge on any atom is -0.480 e. The highest BCUT2D eigenvalue weighted by Crippen LogP contribution is 2.20. The molecule has 0 unspecified atom stereocenters. The van der Waals surface area contributed by atoms with Crippen LogP contribution in [-0.4, -0.2) is 76.1 Å². The first-order valence-corrected chi connectivity index (χ1v) is 10.1. The number of aliphatic hydroxyl groups excluding tert-OH is 1. The first kappa shape index (κ1) is 24.8. The highest BCUT2D eigenvalue weighted by molar-refractivity contribution is 5.94. The number of nitrogens with zero attached hydrogens (tertiary/aromatic N) is 1. The molecule has 1 aliphatic heterocycles. The molecule has 0 aromatic rings. The summed E-state index contributed by atoms with van der Waals surface area (Å²) in [5, 5.41) is 23.5. The zero-order valence-electron chi connectivity index (χ0n) is 17.6. The molecule has 29 heavy (non-hydrogen) atoms. The number of hydrogen-bond donors (Lipinski definition) is 5. The van der Waals surface area contributed by atoms with Gasteiger partial charge in [-0.25, -0.2) is 4.79 Å². The Balaban J connectivity index is 2.81. The fourth-order valence-corrected chi connectivity index (χ4v) is 3.22. The van der Waals surface area contributed by atoms with Crippen molar-refractivity contribution in [3.63, 3.8) is 0 Å². The van der Waals surface area contributed by atoms with Gasteiger partial charge in [-0.1, -0.05) is 34.1 Å². The number of carbonyl (C=O) groups excluding carboxylic acids is 3. The van der Waals surface area contributed by atoms with Gasteiger partial charge in [-0.2, -0.15) is 0 Å². The molecule has 0 bridgehead atoms. The van der Waals surface area contributed by atoms with E-state index >= 15 is 0 Å². The quantitative estimate of drug-likeness (QED) is 0.308. The Labute approximate surface area is 171 Å². The minimum absolute atomic E-state index is 0.0354. The van der Waals surface area contributed by atoms with E-state index in [1.165, 1.54) is 4.90 Å². The Hall–Kier alpha value is -2.20. The van der Waals surface area contributed by atoms with Gasteiger partial charge in [0.2, 0.25) is 17.7 Å². The Morgan fingerprint density at radius 3 is 2.28 bits per heavy atom. The lowest BCUT2D eigenvalue weighted by atomic mass is 9.98. The van der Waals surface area contributed by atoms with Gasteiger partial charge < -0.3 is 31.5 Å². The SMILES string of the molecule is CC[C@H](C)[C@H](N)C(=O)N1CCC[C@H]1C(=O)N[C@@H](CO)C(=O)N[C@H](C(=O)O)C(C)C. The first-order chi connectivity index (χ1) is 13.5. The monoisotopic (exact) mass is 414 g/mol. The Morgan fingerprint density at radius 1 is 1.17 bits per heavy atom. The minimum atomic E-state index is -1.32. The van der Waals surface area contributed by atoms with Crippen molar-refractivity contribution in [1.29, 1.82) is 0 Å². The lowest BCUT2D eigenvalue weighted by Gasteiger charge is -2.30. The molecule has 166 valence electrons. The molecular weight excluding hydrogens is 380 g/mol. The number of nitrogens with one attached hydrogen (secondary N) is 2. The summed E-state index contributed by atoms with van der Waals surface area (Å²) in [7, 11) is 0. The van der Waals surface area contributed by atoms with Crippen molar-refractivity contribution in [1.82, 2.24) is 15.5 Å². The number of nitrogens with two attached hydrogens (primary N) is 1. The number of amides is 3. The summed E-state index contributed by atoms with van der Waals surface area (Å²) in [6.07, 6.45) is 1.78. The predicted molar refractivity (Wildman–Crippen MR) is 106 cm³/mol. The van der Waals surface area contributed by atoms with Crippen LogP contribution in [0, 0.1) is 11.8 Å². The van der Waals surface area contributed by atoms with Crippen molar-refractivity contribution >= 4 is 23.7 Å². The second-order valence-electron chi connectivity index (χ2n) is 7.91. The van der Waals surface area contributed by atoms with Gasteiger partial charge in [-0.3, -0.25) is 14.4 Å². The largest absolute Gasteiger partial charge is 0.480 e. The molecule has 1 fully saturated rings. The number of rotatable bonds is 10. The van der Waals surface area contributed by atoms with E-state index in [9.17, 15) is 29.4 Å². The molecule has 0 radical (unpaired) electrons. The summed E-state index contributed by atoms with van der Waals surface area (Å²) in [4.78, 5) is 50.4. The normalized spacial score (nSPS) is 20.7. The maximum atomic E-state index is 12.7. The third-order valence-electron chi connectivity index (χ3n) is 5.43. The van der Waals surface area contributed by atoms with E-state index < -0.39 is 48.6 Å². The van der Waals surface area contributed by atoms with E-state index in [1.54, 1.807) is 13.8 Å². The van der Waals surface area contributed by atoms with Crippen LogP contribution in [0.5, 0.6) is 0 Å². The second-order valence-corrected chi connectivity index (χ2v) is 7.91. The van der Waals surface area contributed by atoms with Gasteiger partial charge in [0, 0.05) is 6.54 Å². The summed E-state index contributed by atoms with van der Waals surface area (Å²) < 4.78 is 0. The van der Waals surface area contributed by atoms with Crippen molar-refractivity contribution in [2.45, 2.75) is 71.1 Å². The van der Waals surface area contributed by atoms with Gasteiger partial charge in [-0.05, 0) is 24.7 Å². The van der Waals surface area contributed by atoms with E-state index in [4.69, 9.17) is 5.73 Å². The lowest BCUT2D eigenvalue weighted by molar-refractivity contribution is -0.144. The number of aliphatic hydroxyl groups is 1. The van der Waals surface area contributed by atoms with Crippen molar-refractivity contribution in [2.75, 3.05) is 13.2 Å². The molecule has 0 spiro atoms. The molecule has 1 rings (SSSR count). The smallest absolute Gasteiger partial charge is 0.326 e. The number of carboxylic acids is 1. The van der Waals surface area contributed by atoms with Crippen LogP contribution in [0.3, 0.4) is 0 Å². The zero-order chi connectivity index (χ0) is 22.3. The van der Waals surface area contributed by atoms with Crippen LogP contribution in [0.25, 0.3) is 0 Å². The molecule has 1 heterocycles. The molecule has 0 aromatic carbocycles. The lowest BCUT2D eigenvalue weighted by Crippen LogP contribution is -2.58. The van der Waals surface area contributed by atoms with Crippen LogP contribution in [-0.2, 0) is 19.2 Å². The average molecular weight is 415 g/mol. The van der Waals surface area contributed by atoms with Gasteiger partial charge in [0.05, 0.1) is 12.6 Å². The van der Waals surface area contributed by atoms with Crippen LogP contribution in [0.15, 0.2) is 0 Å². The summed E-state index contributed by atoms with van der Waals surface area (Å²) in [6.45, 7) is 6.76. The van der Waals surface area contributed by atoms with Gasteiger partial charge in [0.25, 0.3) is 0 Å². The third-order valence-corrected chi connectivity index (χ3v) is 5.43. The van der Waals surface area contributed by atoms with E-state index in [1.807, 2.05) is 13.8 Å². The fourth-order valence-electron chi connectivity index (χ4n) is 3.22. The van der Waals surface area contributed by atoms with Gasteiger partial charge in [0.15, 0.2) is 0 Å². The molecule has 5 atom stereocenters. The van der Waals surface area contributed by atoms with Crippen molar-refractivity contribution in [3.05, 3.63) is 0 Å². The maximum Gasteiger partial charge on any atom is 0.326 e. The summed E-state index contributed by atoms with van der Waals surface area (Å²) in [6, 6.07) is -3.96. The maximum absolute atomic E-state index is 12.7. The molecule has 6 N–H and O–H groups in total. The third kappa shape index (κ3) is 6.40. The Bertz CT molecular complexity index is 612. The van der Waals surface area contributed by atoms with Crippen LogP contribution < -0.4 is 16.4 Å². The van der Waals surface area contributed by atoms with Crippen molar-refractivity contribution in [3.8, 4) is 0 Å². The first-order valence-electron chi connectivity index (χ1n) is 10.1. The summed E-state index contributed by atoms with van der Waals surface area (Å²) >= 11 is 0. The molecule has 10 heteroatoms. The van der Waals surface area contributed by atoms with E-state index in [2.05, 4.69) is 10.6 Å². The standard InChI is InChI=1S/C19H34N4O6/c1-5-11(4)14(20)18(27)23-8-6-7-13(23)17(26)21-12(9-24)16(25)22-15(10(2)3)19(28)29/h10-15,24H,5-9,20H2,1-4H3,(H,21,26)(H,22,25)(H,28,29)/t11-,12-,13-,14-,15-/m0/s1. The zero-order valence-corrected chi connectivity index (χ0v) is 17.6. The number of carbonyl (C=O) groups is 4. The predicted octanol–water partition coefficient (Wildman–Crippen LogP) is -0.947. The van der Waals surface area contributed by atoms with E-state index in [0.29, 0.717) is 19.4 Å². The highest BCUT2D eigenvalue weighted by atomic mass is 16.4. The van der Waals surface area contributed by atoms with Gasteiger partial charge in [-0.15, -0.1) is 0 Å². The van der Waals surface area contributed by atoms with Gasteiger partial charge >= 0.3 is 5.97 Å². The average Bonchev–Trinajstić information content (AvgIpc) is 3.17. The summed E-state index contributed by atoms with van der Waals surface area (Å²) in [5.41, 5.74) is 6.02. The number of likely N-dealkylation sites (tertiary alicyclic amines) is 1. The van der Waals surface area contributed by atoms with Crippen LogP contribution >= 0.6 is 0 Å². The molecule has 0 aromatic heterocycles. The molecule has 1 aliphatic rings. The van der Waals surface area contributed by atoms with Gasteiger partial charge in [0.1, 0.15) is 18.1 Å². The van der Waals surface area contributed by atoms with E-state index in [0.717, 1.165) is 6.42 Å². The fraction of sp³-hybridized carbons (Fsp3) is 0.789. The van der Waals surface area contributed by atoms with Crippen molar-refractivity contribution < 1.29 is 29.4 Å². The van der Waals surface area contributed by atoms with E-state index in [-0.39, 0.29) is 17.7 Å². The molecular formula is C19H34N4O6. The highest BCUT2D eigenvalue weighted by Gasteiger charge is 2.38. The molecule has 3 amide bonds. The second kappa shape index (κ2) is 11.1.